The average Bonchev–Trinajstić information content (AvgIpc) is 3.66. The van der Waals surface area contributed by atoms with Gasteiger partial charge in [0, 0.05) is 27.5 Å². The summed E-state index contributed by atoms with van der Waals surface area (Å²) in [7, 11) is 0. The molecule has 0 aliphatic carbocycles. The first kappa shape index (κ1) is 32.2. The van der Waals surface area contributed by atoms with Gasteiger partial charge in [0.25, 0.3) is 0 Å². The number of fused-ring (bicyclic) bond motifs is 3. The minimum atomic E-state index is 0.585. The lowest BCUT2D eigenvalue weighted by atomic mass is 9.91. The zero-order valence-corrected chi connectivity index (χ0v) is 29.8. The topological polar surface area (TPSA) is 51.8 Å². The molecule has 0 aliphatic heterocycles. The molecule has 2 aromatic heterocycles. The summed E-state index contributed by atoms with van der Waals surface area (Å²) in [6, 6.07) is 69.4. The third-order valence-electron chi connectivity index (χ3n) is 10.1. The van der Waals surface area contributed by atoms with E-state index in [0.29, 0.717) is 17.5 Å². The molecule has 8 aromatic carbocycles. The van der Waals surface area contributed by atoms with Crippen LogP contribution in [-0.2, 0) is 0 Å². The fraction of sp³-hybridized carbons (Fsp3) is 0. The van der Waals surface area contributed by atoms with Gasteiger partial charge in [-0.1, -0.05) is 164 Å². The number of benzene rings is 8. The van der Waals surface area contributed by atoms with E-state index in [1.165, 1.54) is 22.3 Å². The molecule has 0 amide bonds. The van der Waals surface area contributed by atoms with Crippen molar-refractivity contribution in [2.45, 2.75) is 0 Å². The summed E-state index contributed by atoms with van der Waals surface area (Å²) in [5.41, 5.74) is 13.5. The summed E-state index contributed by atoms with van der Waals surface area (Å²) < 4.78 is 6.62. The van der Waals surface area contributed by atoms with Crippen LogP contribution in [0.2, 0.25) is 0 Å². The summed E-state index contributed by atoms with van der Waals surface area (Å²) in [5, 5.41) is 2.11. The second-order valence-corrected chi connectivity index (χ2v) is 13.6. The average molecular weight is 704 g/mol. The maximum atomic E-state index is 6.62. The Morgan fingerprint density at radius 3 is 1.25 bits per heavy atom. The number of hydrogen-bond acceptors (Lipinski definition) is 4. The lowest BCUT2D eigenvalue weighted by molar-refractivity contribution is 0.669. The van der Waals surface area contributed by atoms with Crippen molar-refractivity contribution in [3.8, 4) is 78.7 Å². The molecule has 0 saturated heterocycles. The zero-order chi connectivity index (χ0) is 36.6. The van der Waals surface area contributed by atoms with E-state index in [-0.39, 0.29) is 0 Å². The number of hydrogen-bond donors (Lipinski definition) is 0. The van der Waals surface area contributed by atoms with E-state index in [0.717, 1.165) is 60.9 Å². The van der Waals surface area contributed by atoms with Gasteiger partial charge in [0.05, 0.1) is 0 Å². The molecule has 10 rings (SSSR count). The molecule has 258 valence electrons. The molecule has 0 aliphatic rings. The predicted octanol–water partition coefficient (Wildman–Crippen LogP) is 13.4. The molecule has 0 saturated carbocycles. The fourth-order valence-corrected chi connectivity index (χ4v) is 7.38. The highest BCUT2D eigenvalue weighted by Gasteiger charge is 2.18. The zero-order valence-electron chi connectivity index (χ0n) is 29.8. The van der Waals surface area contributed by atoms with Crippen LogP contribution in [0.25, 0.3) is 101 Å². The summed E-state index contributed by atoms with van der Waals surface area (Å²) in [6.45, 7) is 0. The molecule has 0 fully saturated rings. The second kappa shape index (κ2) is 13.8. The van der Waals surface area contributed by atoms with E-state index in [1.807, 2.05) is 42.5 Å². The normalized spacial score (nSPS) is 11.3. The predicted molar refractivity (Wildman–Crippen MR) is 225 cm³/mol. The van der Waals surface area contributed by atoms with Crippen LogP contribution in [0.5, 0.6) is 0 Å². The van der Waals surface area contributed by atoms with Crippen molar-refractivity contribution < 1.29 is 4.42 Å². The minimum Gasteiger partial charge on any atom is -0.456 e. The van der Waals surface area contributed by atoms with E-state index < -0.39 is 0 Å². The number of aromatic nitrogens is 3. The standard InChI is InChI=1S/C51H33N3O/c1-5-14-34(15-6-1)37-24-26-39(27-25-37)50-52-49(38-20-11-4-12-21-38)53-51(54-50)40-28-29-45-47(33-40)55-46-23-13-22-44(48(45)46)43-31-41(35-16-7-2-8-17-35)30-42(32-43)36-18-9-3-10-19-36/h1-33H. The van der Waals surface area contributed by atoms with Crippen molar-refractivity contribution in [1.82, 2.24) is 15.0 Å². The van der Waals surface area contributed by atoms with Gasteiger partial charge in [-0.3, -0.25) is 0 Å². The molecule has 4 nitrogen and oxygen atoms in total. The van der Waals surface area contributed by atoms with Gasteiger partial charge in [-0.2, -0.15) is 0 Å². The van der Waals surface area contributed by atoms with Crippen molar-refractivity contribution in [3.63, 3.8) is 0 Å². The first-order valence-corrected chi connectivity index (χ1v) is 18.4. The van der Waals surface area contributed by atoms with Gasteiger partial charge in [-0.25, -0.2) is 15.0 Å². The highest BCUT2D eigenvalue weighted by Crippen LogP contribution is 2.41. The Balaban J connectivity index is 1.10. The summed E-state index contributed by atoms with van der Waals surface area (Å²) in [4.78, 5) is 15.0. The number of rotatable bonds is 7. The number of nitrogens with zero attached hydrogens (tertiary/aromatic N) is 3. The van der Waals surface area contributed by atoms with E-state index >= 15 is 0 Å². The van der Waals surface area contributed by atoms with E-state index in [1.54, 1.807) is 0 Å². The highest BCUT2D eigenvalue weighted by atomic mass is 16.3. The lowest BCUT2D eigenvalue weighted by Gasteiger charge is -2.12. The molecule has 0 bridgehead atoms. The number of furan rings is 1. The smallest absolute Gasteiger partial charge is 0.164 e. The molecule has 0 radical (unpaired) electrons. The third-order valence-corrected chi connectivity index (χ3v) is 10.1. The molecule has 0 N–H and O–H groups in total. The third kappa shape index (κ3) is 6.26. The van der Waals surface area contributed by atoms with Crippen LogP contribution in [0.4, 0.5) is 0 Å². The first-order valence-electron chi connectivity index (χ1n) is 18.4. The molecule has 0 spiro atoms. The van der Waals surface area contributed by atoms with Crippen LogP contribution in [0.15, 0.2) is 205 Å². The van der Waals surface area contributed by atoms with Gasteiger partial charge in [-0.05, 0) is 80.9 Å². The Morgan fingerprint density at radius 2 is 0.691 bits per heavy atom. The second-order valence-electron chi connectivity index (χ2n) is 13.6. The molecule has 0 atom stereocenters. The maximum Gasteiger partial charge on any atom is 0.164 e. The molecule has 10 aromatic rings. The highest BCUT2D eigenvalue weighted by molar-refractivity contribution is 6.13. The van der Waals surface area contributed by atoms with Gasteiger partial charge in [-0.15, -0.1) is 0 Å². The van der Waals surface area contributed by atoms with Crippen molar-refractivity contribution >= 4 is 21.9 Å². The minimum absolute atomic E-state index is 0.585. The van der Waals surface area contributed by atoms with E-state index in [2.05, 4.69) is 158 Å². The summed E-state index contributed by atoms with van der Waals surface area (Å²) in [5.74, 6) is 1.82. The quantitative estimate of drug-likeness (QED) is 0.166. The molecule has 0 unspecified atom stereocenters. The van der Waals surface area contributed by atoms with Crippen molar-refractivity contribution in [2.75, 3.05) is 0 Å². The first-order chi connectivity index (χ1) is 27.2. The Labute approximate surface area is 319 Å². The summed E-state index contributed by atoms with van der Waals surface area (Å²) in [6.07, 6.45) is 0. The Kier molecular flexibility index (Phi) is 8.12. The largest absolute Gasteiger partial charge is 0.456 e. The molecular weight excluding hydrogens is 671 g/mol. The molecule has 2 heterocycles. The lowest BCUT2D eigenvalue weighted by Crippen LogP contribution is -2.00. The maximum absolute atomic E-state index is 6.62. The van der Waals surface area contributed by atoms with Gasteiger partial charge in [0.2, 0.25) is 0 Å². The van der Waals surface area contributed by atoms with E-state index in [4.69, 9.17) is 19.4 Å². The van der Waals surface area contributed by atoms with Crippen LogP contribution < -0.4 is 0 Å². The van der Waals surface area contributed by atoms with Crippen molar-refractivity contribution in [1.29, 1.82) is 0 Å². The van der Waals surface area contributed by atoms with Crippen molar-refractivity contribution in [3.05, 3.63) is 200 Å². The van der Waals surface area contributed by atoms with Crippen LogP contribution in [-0.4, -0.2) is 15.0 Å². The van der Waals surface area contributed by atoms with Gasteiger partial charge in [0.15, 0.2) is 17.5 Å². The SMILES string of the molecule is c1ccc(-c2ccc(-c3nc(-c4ccccc4)nc(-c4ccc5c(c4)oc4cccc(-c6cc(-c7ccccc7)cc(-c7ccccc7)c6)c45)n3)cc2)cc1. The summed E-state index contributed by atoms with van der Waals surface area (Å²) >= 11 is 0. The van der Waals surface area contributed by atoms with Crippen LogP contribution in [0.3, 0.4) is 0 Å². The van der Waals surface area contributed by atoms with Crippen LogP contribution in [0.1, 0.15) is 0 Å². The molecule has 4 heteroatoms. The van der Waals surface area contributed by atoms with Crippen LogP contribution in [0, 0.1) is 0 Å². The monoisotopic (exact) mass is 703 g/mol. The Bertz CT molecular complexity index is 2880. The van der Waals surface area contributed by atoms with E-state index in [9.17, 15) is 0 Å². The van der Waals surface area contributed by atoms with Gasteiger partial charge < -0.3 is 4.42 Å². The van der Waals surface area contributed by atoms with Crippen molar-refractivity contribution in [2.24, 2.45) is 0 Å². The van der Waals surface area contributed by atoms with Gasteiger partial charge in [0.1, 0.15) is 11.2 Å². The molecular formula is C51H33N3O. The van der Waals surface area contributed by atoms with Gasteiger partial charge >= 0.3 is 0 Å². The Morgan fingerprint density at radius 1 is 0.273 bits per heavy atom. The van der Waals surface area contributed by atoms with Crippen LogP contribution >= 0.6 is 0 Å². The fourth-order valence-electron chi connectivity index (χ4n) is 7.38. The molecule has 55 heavy (non-hydrogen) atoms. The Hall–Kier alpha value is -7.43.